The van der Waals surface area contributed by atoms with Gasteiger partial charge in [-0.3, -0.25) is 0 Å². The Hall–Kier alpha value is -1.38. The molecule has 1 rings (SSSR count). The molecule has 0 aliphatic rings. The molecule has 0 heterocycles. The first-order valence-corrected chi connectivity index (χ1v) is 6.22. The zero-order chi connectivity index (χ0) is 14.1. The maximum atomic E-state index is 13.1. The van der Waals surface area contributed by atoms with E-state index in [4.69, 9.17) is 0 Å². The summed E-state index contributed by atoms with van der Waals surface area (Å²) in [5, 5.41) is 0. The minimum Gasteiger partial charge on any atom is -0.382 e. The van der Waals surface area contributed by atoms with E-state index in [0.717, 1.165) is 0 Å². The van der Waals surface area contributed by atoms with Crippen LogP contribution in [0.15, 0.2) is 12.1 Å². The van der Waals surface area contributed by atoms with E-state index in [1.165, 1.54) is 0 Å². The van der Waals surface area contributed by atoms with Gasteiger partial charge in [0, 0.05) is 6.07 Å². The maximum Gasteiger partial charge on any atom is 0.306 e. The molecule has 0 saturated heterocycles. The van der Waals surface area contributed by atoms with Crippen LogP contribution in [0.4, 0.5) is 22.0 Å². The van der Waals surface area contributed by atoms with Crippen molar-refractivity contribution < 1.29 is 34.6 Å². The Labute approximate surface area is 99.3 Å². The molecular formula is C9H7F5O3S. The van der Waals surface area contributed by atoms with Gasteiger partial charge in [0.25, 0.3) is 12.9 Å². The molecule has 0 radical (unpaired) electrons. The Morgan fingerprint density at radius 3 is 1.94 bits per heavy atom. The van der Waals surface area contributed by atoms with Crippen LogP contribution in [0, 0.1) is 5.82 Å². The van der Waals surface area contributed by atoms with Gasteiger partial charge in [-0.05, 0) is 6.07 Å². The summed E-state index contributed by atoms with van der Waals surface area (Å²) < 4.78 is 88.4. The Bertz CT molecular complexity index is 541. The van der Waals surface area contributed by atoms with Crippen molar-refractivity contribution in [1.29, 1.82) is 0 Å². The van der Waals surface area contributed by atoms with Gasteiger partial charge in [-0.1, -0.05) is 0 Å². The molecule has 0 aliphatic heterocycles. The highest BCUT2D eigenvalue weighted by atomic mass is 32.2. The third-order valence-corrected chi connectivity index (χ3v) is 2.32. The number of rotatable bonds is 4. The molecule has 0 N–H and O–H groups in total. The van der Waals surface area contributed by atoms with Crippen molar-refractivity contribution in [3.8, 4) is 5.75 Å². The fourth-order valence-electron chi connectivity index (χ4n) is 1.16. The molecule has 0 bridgehead atoms. The summed E-state index contributed by atoms with van der Waals surface area (Å²) in [7, 11) is -4.17. The SMILES string of the molecule is CS(=O)(=O)Oc1cc(F)c(C(F)F)cc1C(F)F. The molecule has 0 aliphatic carbocycles. The van der Waals surface area contributed by atoms with Crippen molar-refractivity contribution in [2.45, 2.75) is 12.9 Å². The fraction of sp³-hybridized carbons (Fsp3) is 0.333. The molecule has 0 amide bonds. The molecule has 0 unspecified atom stereocenters. The van der Waals surface area contributed by atoms with Crippen LogP contribution < -0.4 is 4.18 Å². The van der Waals surface area contributed by atoms with Gasteiger partial charge in [-0.25, -0.2) is 22.0 Å². The molecule has 0 fully saturated rings. The van der Waals surface area contributed by atoms with Crippen molar-refractivity contribution >= 4 is 10.1 Å². The van der Waals surface area contributed by atoms with Crippen LogP contribution in [0.3, 0.4) is 0 Å². The topological polar surface area (TPSA) is 43.4 Å². The average Bonchev–Trinajstić information content (AvgIpc) is 2.13. The normalized spacial score (nSPS) is 12.2. The van der Waals surface area contributed by atoms with Crippen LogP contribution in [0.1, 0.15) is 24.0 Å². The Morgan fingerprint density at radius 2 is 1.56 bits per heavy atom. The van der Waals surface area contributed by atoms with Crippen LogP contribution >= 0.6 is 0 Å². The van der Waals surface area contributed by atoms with Crippen molar-refractivity contribution in [1.82, 2.24) is 0 Å². The third kappa shape index (κ3) is 3.56. The van der Waals surface area contributed by atoms with Crippen molar-refractivity contribution in [2.75, 3.05) is 6.26 Å². The largest absolute Gasteiger partial charge is 0.382 e. The first kappa shape index (κ1) is 14.7. The van der Waals surface area contributed by atoms with E-state index in [-0.39, 0.29) is 12.1 Å². The molecule has 1 aromatic rings. The summed E-state index contributed by atoms with van der Waals surface area (Å²) in [4.78, 5) is 0. The second-order valence-electron chi connectivity index (χ2n) is 3.30. The first-order chi connectivity index (χ1) is 8.11. The van der Waals surface area contributed by atoms with Crippen LogP contribution in [-0.2, 0) is 10.1 Å². The lowest BCUT2D eigenvalue weighted by Crippen LogP contribution is -2.09. The molecule has 0 saturated carbocycles. The minimum atomic E-state index is -4.17. The number of halogens is 5. The van der Waals surface area contributed by atoms with Crippen molar-refractivity contribution in [3.05, 3.63) is 29.1 Å². The van der Waals surface area contributed by atoms with Crippen LogP contribution in [0.2, 0.25) is 0 Å². The Morgan fingerprint density at radius 1 is 1.06 bits per heavy atom. The molecule has 0 atom stereocenters. The molecule has 102 valence electrons. The lowest BCUT2D eigenvalue weighted by molar-refractivity contribution is 0.139. The number of benzene rings is 1. The molecule has 3 nitrogen and oxygen atoms in total. The molecule has 1 aromatic carbocycles. The first-order valence-electron chi connectivity index (χ1n) is 4.41. The summed E-state index contributed by atoms with van der Waals surface area (Å²) in [6.07, 6.45) is -6.02. The standard InChI is InChI=1S/C9H7F5O3S/c1-18(15,16)17-7-3-6(10)4(8(11)12)2-5(7)9(13)14/h2-3,8-9H,1H3. The lowest BCUT2D eigenvalue weighted by Gasteiger charge is -2.11. The predicted octanol–water partition coefficient (Wildman–Crippen LogP) is 3.04. The summed E-state index contributed by atoms with van der Waals surface area (Å²) in [6, 6.07) is 0.384. The minimum absolute atomic E-state index is 0.186. The highest BCUT2D eigenvalue weighted by Gasteiger charge is 2.24. The third-order valence-electron chi connectivity index (χ3n) is 1.84. The monoisotopic (exact) mass is 290 g/mol. The van der Waals surface area contributed by atoms with E-state index in [0.29, 0.717) is 6.26 Å². The predicted molar refractivity (Wildman–Crippen MR) is 51.8 cm³/mol. The molecule has 18 heavy (non-hydrogen) atoms. The highest BCUT2D eigenvalue weighted by molar-refractivity contribution is 7.86. The molecular weight excluding hydrogens is 283 g/mol. The molecule has 0 aromatic heterocycles. The maximum absolute atomic E-state index is 13.1. The molecule has 0 spiro atoms. The lowest BCUT2D eigenvalue weighted by atomic mass is 10.1. The van der Waals surface area contributed by atoms with Crippen LogP contribution in [-0.4, -0.2) is 14.7 Å². The smallest absolute Gasteiger partial charge is 0.306 e. The van der Waals surface area contributed by atoms with E-state index >= 15 is 0 Å². The van der Waals surface area contributed by atoms with E-state index < -0.39 is 45.7 Å². The highest BCUT2D eigenvalue weighted by Crippen LogP contribution is 2.35. The van der Waals surface area contributed by atoms with E-state index in [1.807, 2.05) is 0 Å². The van der Waals surface area contributed by atoms with Gasteiger partial charge in [0.1, 0.15) is 5.82 Å². The number of hydrogen-bond donors (Lipinski definition) is 0. The van der Waals surface area contributed by atoms with Gasteiger partial charge < -0.3 is 4.18 Å². The number of hydrogen-bond acceptors (Lipinski definition) is 3. The number of alkyl halides is 4. The van der Waals surface area contributed by atoms with Crippen molar-refractivity contribution in [2.24, 2.45) is 0 Å². The van der Waals surface area contributed by atoms with Gasteiger partial charge in [-0.2, -0.15) is 8.42 Å². The summed E-state index contributed by atoms with van der Waals surface area (Å²) in [5.41, 5.74) is -2.36. The van der Waals surface area contributed by atoms with E-state index in [2.05, 4.69) is 4.18 Å². The second-order valence-corrected chi connectivity index (χ2v) is 4.88. The van der Waals surface area contributed by atoms with E-state index in [9.17, 15) is 30.4 Å². The van der Waals surface area contributed by atoms with Gasteiger partial charge in [0.2, 0.25) is 0 Å². The van der Waals surface area contributed by atoms with Gasteiger partial charge in [0.15, 0.2) is 5.75 Å². The zero-order valence-corrected chi connectivity index (χ0v) is 9.65. The Balaban J connectivity index is 3.38. The zero-order valence-electron chi connectivity index (χ0n) is 8.83. The van der Waals surface area contributed by atoms with E-state index in [1.54, 1.807) is 0 Å². The second kappa shape index (κ2) is 5.09. The summed E-state index contributed by atoms with van der Waals surface area (Å²) in [5.74, 6) is -2.53. The summed E-state index contributed by atoms with van der Waals surface area (Å²) in [6.45, 7) is 0. The van der Waals surface area contributed by atoms with Crippen LogP contribution in [0.5, 0.6) is 5.75 Å². The average molecular weight is 290 g/mol. The van der Waals surface area contributed by atoms with Gasteiger partial charge >= 0.3 is 10.1 Å². The van der Waals surface area contributed by atoms with Gasteiger partial charge in [-0.15, -0.1) is 0 Å². The summed E-state index contributed by atoms with van der Waals surface area (Å²) >= 11 is 0. The fourth-order valence-corrected chi connectivity index (χ4v) is 1.63. The van der Waals surface area contributed by atoms with Crippen molar-refractivity contribution in [3.63, 3.8) is 0 Å². The Kier molecular flexibility index (Phi) is 4.15. The van der Waals surface area contributed by atoms with Crippen LogP contribution in [0.25, 0.3) is 0 Å². The van der Waals surface area contributed by atoms with Gasteiger partial charge in [0.05, 0.1) is 17.4 Å². The molecule has 9 heteroatoms. The quantitative estimate of drug-likeness (QED) is 0.632.